The maximum atomic E-state index is 11.6. The van der Waals surface area contributed by atoms with E-state index >= 15 is 0 Å². The van der Waals surface area contributed by atoms with Gasteiger partial charge in [0.05, 0.1) is 13.2 Å². The first kappa shape index (κ1) is 11.9. The Labute approximate surface area is 97.3 Å². The highest BCUT2D eigenvalue weighted by atomic mass is 16.5. The number of hydrogen-bond donors (Lipinski definition) is 1. The molecular weight excluding hydrogens is 204 g/mol. The van der Waals surface area contributed by atoms with Gasteiger partial charge in [-0.2, -0.15) is 0 Å². The molecule has 4 nitrogen and oxygen atoms in total. The van der Waals surface area contributed by atoms with Crippen LogP contribution >= 0.6 is 0 Å². The predicted octanol–water partition coefficient (Wildman–Crippen LogP) is 0.625. The van der Waals surface area contributed by atoms with E-state index in [1.165, 1.54) is 12.8 Å². The summed E-state index contributed by atoms with van der Waals surface area (Å²) in [5.41, 5.74) is 0. The van der Waals surface area contributed by atoms with E-state index in [4.69, 9.17) is 4.74 Å². The number of amides is 1. The lowest BCUT2D eigenvalue weighted by Crippen LogP contribution is -2.37. The van der Waals surface area contributed by atoms with Crippen LogP contribution in [0.3, 0.4) is 0 Å². The maximum absolute atomic E-state index is 11.6. The Balaban J connectivity index is 1.42. The summed E-state index contributed by atoms with van der Waals surface area (Å²) in [4.78, 5) is 13.6. The molecule has 1 amide bonds. The van der Waals surface area contributed by atoms with E-state index in [1.807, 2.05) is 4.90 Å². The molecule has 0 aromatic carbocycles. The molecule has 0 unspecified atom stereocenters. The third-order valence-corrected chi connectivity index (χ3v) is 3.21. The standard InChI is InChI=1S/C12H22N2O2/c15-12(14-6-1-2-7-14)9-13-5-8-16-10-11-3-4-11/h11,13H,1-10H2. The van der Waals surface area contributed by atoms with Crippen LogP contribution in [0.5, 0.6) is 0 Å². The summed E-state index contributed by atoms with van der Waals surface area (Å²) in [6.07, 6.45) is 4.99. The highest BCUT2D eigenvalue weighted by Crippen LogP contribution is 2.28. The zero-order chi connectivity index (χ0) is 11.2. The average Bonchev–Trinajstić information content (AvgIpc) is 2.95. The van der Waals surface area contributed by atoms with Crippen LogP contribution in [0.4, 0.5) is 0 Å². The lowest BCUT2D eigenvalue weighted by molar-refractivity contribution is -0.129. The Morgan fingerprint density at radius 1 is 1.31 bits per heavy atom. The molecule has 2 aliphatic rings. The quantitative estimate of drug-likeness (QED) is 0.647. The van der Waals surface area contributed by atoms with Gasteiger partial charge in [0.1, 0.15) is 0 Å². The largest absolute Gasteiger partial charge is 0.380 e. The Morgan fingerprint density at radius 3 is 2.75 bits per heavy atom. The van der Waals surface area contributed by atoms with E-state index in [-0.39, 0.29) is 5.91 Å². The molecule has 0 atom stereocenters. The lowest BCUT2D eigenvalue weighted by Gasteiger charge is -2.15. The fraction of sp³-hybridized carbons (Fsp3) is 0.917. The first-order valence-corrected chi connectivity index (χ1v) is 6.42. The highest BCUT2D eigenvalue weighted by Gasteiger charge is 2.21. The van der Waals surface area contributed by atoms with Crippen LogP contribution in [-0.4, -0.2) is 50.2 Å². The summed E-state index contributed by atoms with van der Waals surface area (Å²) >= 11 is 0. The van der Waals surface area contributed by atoms with Crippen LogP contribution in [0.25, 0.3) is 0 Å². The van der Waals surface area contributed by atoms with Crippen molar-refractivity contribution < 1.29 is 9.53 Å². The molecule has 0 aromatic heterocycles. The minimum atomic E-state index is 0.236. The van der Waals surface area contributed by atoms with Gasteiger partial charge in [-0.25, -0.2) is 0 Å². The maximum Gasteiger partial charge on any atom is 0.236 e. The average molecular weight is 226 g/mol. The van der Waals surface area contributed by atoms with Gasteiger partial charge in [-0.1, -0.05) is 0 Å². The molecule has 1 saturated heterocycles. The Bertz CT molecular complexity index is 223. The number of nitrogens with zero attached hydrogens (tertiary/aromatic N) is 1. The monoisotopic (exact) mass is 226 g/mol. The summed E-state index contributed by atoms with van der Waals surface area (Å²) in [7, 11) is 0. The number of rotatable bonds is 7. The van der Waals surface area contributed by atoms with Crippen LogP contribution in [0.15, 0.2) is 0 Å². The number of carbonyl (C=O) groups excluding carboxylic acids is 1. The van der Waals surface area contributed by atoms with Gasteiger partial charge < -0.3 is 15.0 Å². The number of likely N-dealkylation sites (tertiary alicyclic amines) is 1. The van der Waals surface area contributed by atoms with Crippen molar-refractivity contribution in [2.45, 2.75) is 25.7 Å². The summed E-state index contributed by atoms with van der Waals surface area (Å²) in [5, 5.41) is 3.14. The van der Waals surface area contributed by atoms with Gasteiger partial charge in [0, 0.05) is 26.2 Å². The van der Waals surface area contributed by atoms with Gasteiger partial charge in [0.25, 0.3) is 0 Å². The molecule has 0 bridgehead atoms. The first-order chi connectivity index (χ1) is 7.86. The molecule has 92 valence electrons. The minimum absolute atomic E-state index is 0.236. The molecule has 1 aliphatic carbocycles. The van der Waals surface area contributed by atoms with Crippen molar-refractivity contribution in [2.75, 3.05) is 39.4 Å². The molecule has 1 heterocycles. The van der Waals surface area contributed by atoms with Crippen molar-refractivity contribution in [2.24, 2.45) is 5.92 Å². The molecule has 0 aromatic rings. The zero-order valence-corrected chi connectivity index (χ0v) is 9.91. The van der Waals surface area contributed by atoms with Gasteiger partial charge in [-0.3, -0.25) is 4.79 Å². The second kappa shape index (κ2) is 6.21. The summed E-state index contributed by atoms with van der Waals surface area (Å²) in [6.45, 7) is 4.77. The molecule has 0 radical (unpaired) electrons. The molecule has 1 N–H and O–H groups in total. The van der Waals surface area contributed by atoms with Crippen LogP contribution in [0.2, 0.25) is 0 Å². The van der Waals surface area contributed by atoms with Crippen LogP contribution < -0.4 is 5.32 Å². The fourth-order valence-electron chi connectivity index (χ4n) is 1.95. The van der Waals surface area contributed by atoms with Gasteiger partial charge >= 0.3 is 0 Å². The van der Waals surface area contributed by atoms with Crippen molar-refractivity contribution in [3.8, 4) is 0 Å². The molecule has 1 saturated carbocycles. The lowest BCUT2D eigenvalue weighted by atomic mass is 10.4. The molecule has 1 aliphatic heterocycles. The Kier molecular flexibility index (Phi) is 4.60. The minimum Gasteiger partial charge on any atom is -0.380 e. The van der Waals surface area contributed by atoms with Crippen LogP contribution in [0, 0.1) is 5.92 Å². The topological polar surface area (TPSA) is 41.6 Å². The second-order valence-corrected chi connectivity index (χ2v) is 4.78. The van der Waals surface area contributed by atoms with E-state index in [0.717, 1.165) is 51.6 Å². The zero-order valence-electron chi connectivity index (χ0n) is 9.91. The number of nitrogens with one attached hydrogen (secondary N) is 1. The molecular formula is C12H22N2O2. The first-order valence-electron chi connectivity index (χ1n) is 6.42. The predicted molar refractivity (Wildman–Crippen MR) is 62.2 cm³/mol. The van der Waals surface area contributed by atoms with Crippen molar-refractivity contribution in [1.29, 1.82) is 0 Å². The van der Waals surface area contributed by atoms with E-state index in [9.17, 15) is 4.79 Å². The third kappa shape index (κ3) is 4.10. The molecule has 4 heteroatoms. The third-order valence-electron chi connectivity index (χ3n) is 3.21. The van der Waals surface area contributed by atoms with Crippen molar-refractivity contribution in [1.82, 2.24) is 10.2 Å². The van der Waals surface area contributed by atoms with Gasteiger partial charge in [-0.05, 0) is 31.6 Å². The van der Waals surface area contributed by atoms with Gasteiger partial charge in [0.15, 0.2) is 0 Å². The Morgan fingerprint density at radius 2 is 2.06 bits per heavy atom. The number of hydrogen-bond acceptors (Lipinski definition) is 3. The van der Waals surface area contributed by atoms with Crippen LogP contribution in [-0.2, 0) is 9.53 Å². The smallest absolute Gasteiger partial charge is 0.236 e. The van der Waals surface area contributed by atoms with Crippen LogP contribution in [0.1, 0.15) is 25.7 Å². The van der Waals surface area contributed by atoms with Crippen molar-refractivity contribution in [3.05, 3.63) is 0 Å². The van der Waals surface area contributed by atoms with Gasteiger partial charge in [0.2, 0.25) is 5.91 Å². The summed E-state index contributed by atoms with van der Waals surface area (Å²) in [6, 6.07) is 0. The second-order valence-electron chi connectivity index (χ2n) is 4.78. The molecule has 0 spiro atoms. The van der Waals surface area contributed by atoms with Crippen molar-refractivity contribution in [3.63, 3.8) is 0 Å². The molecule has 2 rings (SSSR count). The van der Waals surface area contributed by atoms with E-state index in [2.05, 4.69) is 5.32 Å². The number of carbonyl (C=O) groups is 1. The summed E-state index contributed by atoms with van der Waals surface area (Å²) < 4.78 is 5.48. The molecule has 2 fully saturated rings. The number of ether oxygens (including phenoxy) is 1. The SMILES string of the molecule is O=C(CNCCOCC1CC1)N1CCCC1. The normalized spacial score (nSPS) is 20.4. The Hall–Kier alpha value is -0.610. The van der Waals surface area contributed by atoms with E-state index in [1.54, 1.807) is 0 Å². The summed E-state index contributed by atoms with van der Waals surface area (Å²) in [5.74, 6) is 1.06. The van der Waals surface area contributed by atoms with E-state index < -0.39 is 0 Å². The fourth-order valence-corrected chi connectivity index (χ4v) is 1.95. The molecule has 16 heavy (non-hydrogen) atoms. The van der Waals surface area contributed by atoms with E-state index in [0.29, 0.717) is 6.54 Å². The van der Waals surface area contributed by atoms with Gasteiger partial charge in [-0.15, -0.1) is 0 Å². The highest BCUT2D eigenvalue weighted by molar-refractivity contribution is 5.78. The van der Waals surface area contributed by atoms with Crippen molar-refractivity contribution >= 4 is 5.91 Å².